The fourth-order valence-electron chi connectivity index (χ4n) is 0.784. The molecule has 0 saturated carbocycles. The predicted molar refractivity (Wildman–Crippen MR) is 47.7 cm³/mol. The van der Waals surface area contributed by atoms with Crippen molar-refractivity contribution in [1.29, 1.82) is 0 Å². The Bertz CT molecular complexity index is 289. The third-order valence-corrected chi connectivity index (χ3v) is 1.76. The van der Waals surface area contributed by atoms with E-state index in [4.69, 9.17) is 16.3 Å². The van der Waals surface area contributed by atoms with Crippen LogP contribution in [0.3, 0.4) is 0 Å². The zero-order valence-electron chi connectivity index (χ0n) is 7.39. The SMILES string of the molecule is CCOc1nc(C)c(C)nc1Cl. The molecule has 0 saturated heterocycles. The van der Waals surface area contributed by atoms with Crippen molar-refractivity contribution >= 4 is 11.6 Å². The summed E-state index contributed by atoms with van der Waals surface area (Å²) >= 11 is 5.78. The number of hydrogen-bond acceptors (Lipinski definition) is 3. The lowest BCUT2D eigenvalue weighted by Gasteiger charge is -2.05. The second-order valence-electron chi connectivity index (χ2n) is 2.42. The summed E-state index contributed by atoms with van der Waals surface area (Å²) in [5.41, 5.74) is 1.69. The first-order chi connectivity index (χ1) is 5.65. The van der Waals surface area contributed by atoms with Gasteiger partial charge in [-0.25, -0.2) is 9.97 Å². The van der Waals surface area contributed by atoms with Gasteiger partial charge in [-0.3, -0.25) is 0 Å². The molecule has 0 aliphatic heterocycles. The van der Waals surface area contributed by atoms with Crippen molar-refractivity contribution in [2.45, 2.75) is 20.8 Å². The summed E-state index contributed by atoms with van der Waals surface area (Å²) in [5.74, 6) is 0.419. The molecule has 0 aliphatic carbocycles. The number of aromatic nitrogens is 2. The molecule has 1 aromatic heterocycles. The van der Waals surface area contributed by atoms with Crippen molar-refractivity contribution in [2.75, 3.05) is 6.61 Å². The smallest absolute Gasteiger partial charge is 0.252 e. The van der Waals surface area contributed by atoms with Crippen LogP contribution in [0.1, 0.15) is 18.3 Å². The van der Waals surface area contributed by atoms with E-state index in [2.05, 4.69) is 9.97 Å². The van der Waals surface area contributed by atoms with Crippen molar-refractivity contribution in [3.8, 4) is 5.88 Å². The Morgan fingerprint density at radius 2 is 1.83 bits per heavy atom. The van der Waals surface area contributed by atoms with Gasteiger partial charge in [0.1, 0.15) is 0 Å². The molecule has 0 radical (unpaired) electrons. The highest BCUT2D eigenvalue weighted by molar-refractivity contribution is 6.30. The first-order valence-electron chi connectivity index (χ1n) is 3.78. The Kier molecular flexibility index (Phi) is 2.87. The fraction of sp³-hybridized carbons (Fsp3) is 0.500. The largest absolute Gasteiger partial charge is 0.476 e. The van der Waals surface area contributed by atoms with Gasteiger partial charge in [0.15, 0.2) is 5.15 Å². The lowest BCUT2D eigenvalue weighted by Crippen LogP contribution is -2.00. The van der Waals surface area contributed by atoms with Crippen LogP contribution in [0, 0.1) is 13.8 Å². The van der Waals surface area contributed by atoms with E-state index in [0.717, 1.165) is 11.4 Å². The van der Waals surface area contributed by atoms with Crippen molar-refractivity contribution in [2.24, 2.45) is 0 Å². The minimum atomic E-state index is 0.333. The molecule has 1 rings (SSSR count). The molecule has 0 aromatic carbocycles. The molecule has 0 atom stereocenters. The molecule has 0 amide bonds. The van der Waals surface area contributed by atoms with E-state index in [1.165, 1.54) is 0 Å². The maximum atomic E-state index is 5.78. The van der Waals surface area contributed by atoms with Gasteiger partial charge in [-0.15, -0.1) is 0 Å². The Balaban J connectivity index is 3.05. The van der Waals surface area contributed by atoms with E-state index in [9.17, 15) is 0 Å². The van der Waals surface area contributed by atoms with Crippen LogP contribution in [0.25, 0.3) is 0 Å². The van der Waals surface area contributed by atoms with Crippen LogP contribution < -0.4 is 4.74 Å². The Morgan fingerprint density at radius 3 is 2.42 bits per heavy atom. The van der Waals surface area contributed by atoms with E-state index >= 15 is 0 Å². The zero-order valence-corrected chi connectivity index (χ0v) is 8.14. The standard InChI is InChI=1S/C8H11ClN2O/c1-4-12-8-7(9)10-5(2)6(3)11-8/h4H2,1-3H3. The van der Waals surface area contributed by atoms with Gasteiger partial charge in [-0.1, -0.05) is 11.6 Å². The third kappa shape index (κ3) is 1.85. The number of hydrogen-bond donors (Lipinski definition) is 0. The van der Waals surface area contributed by atoms with E-state index in [1.807, 2.05) is 20.8 Å². The number of nitrogens with zero attached hydrogens (tertiary/aromatic N) is 2. The van der Waals surface area contributed by atoms with E-state index < -0.39 is 0 Å². The van der Waals surface area contributed by atoms with Crippen LogP contribution in [-0.2, 0) is 0 Å². The summed E-state index contributed by atoms with van der Waals surface area (Å²) in [5, 5.41) is 0.333. The molecule has 0 N–H and O–H groups in total. The number of halogens is 1. The van der Waals surface area contributed by atoms with Gasteiger partial charge in [-0.2, -0.15) is 0 Å². The first-order valence-corrected chi connectivity index (χ1v) is 4.16. The number of ether oxygens (including phenoxy) is 1. The summed E-state index contributed by atoms with van der Waals surface area (Å²) < 4.78 is 5.17. The van der Waals surface area contributed by atoms with Crippen molar-refractivity contribution < 1.29 is 4.74 Å². The van der Waals surface area contributed by atoms with Crippen molar-refractivity contribution in [1.82, 2.24) is 9.97 Å². The van der Waals surface area contributed by atoms with Gasteiger partial charge in [0.2, 0.25) is 0 Å². The highest BCUT2D eigenvalue weighted by Gasteiger charge is 2.06. The molecular formula is C8H11ClN2O. The molecular weight excluding hydrogens is 176 g/mol. The summed E-state index contributed by atoms with van der Waals surface area (Å²) in [4.78, 5) is 8.21. The normalized spacial score (nSPS) is 10.0. The molecule has 0 spiro atoms. The zero-order chi connectivity index (χ0) is 9.14. The lowest BCUT2D eigenvalue weighted by molar-refractivity contribution is 0.324. The Morgan fingerprint density at radius 1 is 1.25 bits per heavy atom. The van der Waals surface area contributed by atoms with Gasteiger partial charge < -0.3 is 4.74 Å². The van der Waals surface area contributed by atoms with Crippen LogP contribution in [0.4, 0.5) is 0 Å². The maximum absolute atomic E-state index is 5.78. The van der Waals surface area contributed by atoms with Gasteiger partial charge in [0.25, 0.3) is 5.88 Å². The number of aryl methyl sites for hydroxylation is 2. The quantitative estimate of drug-likeness (QED) is 0.710. The van der Waals surface area contributed by atoms with Crippen LogP contribution in [0.2, 0.25) is 5.15 Å². The molecule has 1 heterocycles. The van der Waals surface area contributed by atoms with Crippen molar-refractivity contribution in [3.63, 3.8) is 0 Å². The van der Waals surface area contributed by atoms with Crippen LogP contribution in [0.5, 0.6) is 5.88 Å². The lowest BCUT2D eigenvalue weighted by atomic mass is 10.3. The molecule has 0 fully saturated rings. The summed E-state index contributed by atoms with van der Waals surface area (Å²) in [7, 11) is 0. The van der Waals surface area contributed by atoms with Crippen LogP contribution in [-0.4, -0.2) is 16.6 Å². The molecule has 0 aliphatic rings. The third-order valence-electron chi connectivity index (χ3n) is 1.52. The summed E-state index contributed by atoms with van der Waals surface area (Å²) in [6.45, 7) is 6.18. The Labute approximate surface area is 76.7 Å². The van der Waals surface area contributed by atoms with Crippen molar-refractivity contribution in [3.05, 3.63) is 16.5 Å². The average molecular weight is 187 g/mol. The highest BCUT2D eigenvalue weighted by atomic mass is 35.5. The van der Waals surface area contributed by atoms with Crippen LogP contribution >= 0.6 is 11.6 Å². The topological polar surface area (TPSA) is 35.0 Å². The second kappa shape index (κ2) is 3.72. The maximum Gasteiger partial charge on any atom is 0.252 e. The van der Waals surface area contributed by atoms with Gasteiger partial charge >= 0.3 is 0 Å². The minimum absolute atomic E-state index is 0.333. The molecule has 3 nitrogen and oxygen atoms in total. The van der Waals surface area contributed by atoms with Crippen LogP contribution in [0.15, 0.2) is 0 Å². The van der Waals surface area contributed by atoms with Gasteiger partial charge in [0, 0.05) is 0 Å². The monoisotopic (exact) mass is 186 g/mol. The minimum Gasteiger partial charge on any atom is -0.476 e. The van der Waals surface area contributed by atoms with Gasteiger partial charge in [0.05, 0.1) is 18.0 Å². The van der Waals surface area contributed by atoms with Gasteiger partial charge in [-0.05, 0) is 20.8 Å². The van der Waals surface area contributed by atoms with E-state index in [-0.39, 0.29) is 0 Å². The van der Waals surface area contributed by atoms with E-state index in [1.54, 1.807) is 0 Å². The van der Waals surface area contributed by atoms with E-state index in [0.29, 0.717) is 17.6 Å². The molecule has 12 heavy (non-hydrogen) atoms. The second-order valence-corrected chi connectivity index (χ2v) is 2.78. The molecule has 1 aromatic rings. The summed E-state index contributed by atoms with van der Waals surface area (Å²) in [6, 6.07) is 0. The summed E-state index contributed by atoms with van der Waals surface area (Å²) in [6.07, 6.45) is 0. The highest BCUT2D eigenvalue weighted by Crippen LogP contribution is 2.20. The average Bonchev–Trinajstić information content (AvgIpc) is 2.01. The number of rotatable bonds is 2. The first kappa shape index (κ1) is 9.26. The molecule has 0 bridgehead atoms. The molecule has 0 unspecified atom stereocenters. The predicted octanol–water partition coefficient (Wildman–Crippen LogP) is 2.15. The molecule has 4 heteroatoms. The molecule has 66 valence electrons. The fourth-order valence-corrected chi connectivity index (χ4v) is 1.01. The Hall–Kier alpha value is -0.830.